The number of amides is 1. The van der Waals surface area contributed by atoms with Crippen molar-refractivity contribution >= 4 is 33.6 Å². The van der Waals surface area contributed by atoms with E-state index in [0.717, 1.165) is 10.0 Å². The van der Waals surface area contributed by atoms with Gasteiger partial charge in [-0.3, -0.25) is 4.79 Å². The van der Waals surface area contributed by atoms with E-state index in [2.05, 4.69) is 31.5 Å². The van der Waals surface area contributed by atoms with Crippen LogP contribution in [-0.4, -0.2) is 48.9 Å². The summed E-state index contributed by atoms with van der Waals surface area (Å²) in [6.07, 6.45) is 0. The topological polar surface area (TPSA) is 84.1 Å². The fourth-order valence-corrected chi connectivity index (χ4v) is 3.47. The summed E-state index contributed by atoms with van der Waals surface area (Å²) in [5, 5.41) is 21.5. The number of phenolic OH excluding ortho intramolecular Hbond substituents is 1. The minimum absolute atomic E-state index is 0.0222. The molecule has 3 aromatic rings. The summed E-state index contributed by atoms with van der Waals surface area (Å²) in [7, 11) is 1.77. The number of hydrogen-bond donors (Lipinski definition) is 1. The highest BCUT2D eigenvalue weighted by molar-refractivity contribution is 9.10. The number of aromatic nitrogens is 4. The minimum Gasteiger partial charge on any atom is -0.508 e. The summed E-state index contributed by atoms with van der Waals surface area (Å²) in [5.74, 6) is 0.366. The molecule has 2 aromatic carbocycles. The molecular formula is C17H16BrN5O2S. The van der Waals surface area contributed by atoms with Crippen LogP contribution >= 0.6 is 27.7 Å². The molecule has 1 amide bonds. The molecule has 9 heteroatoms. The number of nitrogens with zero attached hydrogens (tertiary/aromatic N) is 5. The molecule has 1 N–H and O–H groups in total. The number of aromatic hydroxyl groups is 1. The molecule has 3 rings (SSSR count). The summed E-state index contributed by atoms with van der Waals surface area (Å²) < 4.78 is 2.51. The van der Waals surface area contributed by atoms with Gasteiger partial charge in [0, 0.05) is 18.1 Å². The number of tetrazole rings is 1. The van der Waals surface area contributed by atoms with Crippen LogP contribution in [0.5, 0.6) is 5.75 Å². The molecule has 0 radical (unpaired) electrons. The smallest absolute Gasteiger partial charge is 0.233 e. The van der Waals surface area contributed by atoms with Crippen molar-refractivity contribution < 1.29 is 9.90 Å². The van der Waals surface area contributed by atoms with E-state index < -0.39 is 0 Å². The summed E-state index contributed by atoms with van der Waals surface area (Å²) in [4.78, 5) is 14.1. The van der Waals surface area contributed by atoms with Gasteiger partial charge in [0.1, 0.15) is 5.75 Å². The van der Waals surface area contributed by atoms with E-state index in [0.29, 0.717) is 17.4 Å². The fourth-order valence-electron chi connectivity index (χ4n) is 2.23. The van der Waals surface area contributed by atoms with Gasteiger partial charge in [-0.05, 0) is 46.3 Å². The van der Waals surface area contributed by atoms with Gasteiger partial charge in [-0.25, -0.2) is 0 Å². The molecule has 0 unspecified atom stereocenters. The molecule has 1 heterocycles. The molecule has 0 fully saturated rings. The number of rotatable bonds is 6. The molecule has 0 aliphatic rings. The van der Waals surface area contributed by atoms with Crippen LogP contribution in [-0.2, 0) is 11.3 Å². The Labute approximate surface area is 163 Å². The van der Waals surface area contributed by atoms with E-state index in [4.69, 9.17) is 0 Å². The number of hydrogen-bond acceptors (Lipinski definition) is 6. The minimum atomic E-state index is -0.0222. The van der Waals surface area contributed by atoms with E-state index in [1.807, 2.05) is 24.3 Å². The van der Waals surface area contributed by atoms with Gasteiger partial charge in [0.15, 0.2) is 0 Å². The number of phenols is 1. The Morgan fingerprint density at radius 3 is 2.69 bits per heavy atom. The predicted molar refractivity (Wildman–Crippen MR) is 102 cm³/mol. The second-order valence-corrected chi connectivity index (χ2v) is 7.32. The maximum absolute atomic E-state index is 12.4. The zero-order valence-electron chi connectivity index (χ0n) is 13.9. The van der Waals surface area contributed by atoms with E-state index in [1.165, 1.54) is 16.4 Å². The summed E-state index contributed by atoms with van der Waals surface area (Å²) in [6.45, 7) is 0.518. The highest BCUT2D eigenvalue weighted by Crippen LogP contribution is 2.21. The van der Waals surface area contributed by atoms with E-state index >= 15 is 0 Å². The lowest BCUT2D eigenvalue weighted by Gasteiger charge is -2.17. The van der Waals surface area contributed by atoms with Crippen molar-refractivity contribution in [3.63, 3.8) is 0 Å². The molecule has 0 atom stereocenters. The number of halogens is 1. The number of carbonyl (C=O) groups excluding carboxylic acids is 1. The lowest BCUT2D eigenvalue weighted by molar-refractivity contribution is -0.127. The molecule has 134 valence electrons. The summed E-state index contributed by atoms with van der Waals surface area (Å²) in [6, 6.07) is 14.3. The molecule has 0 spiro atoms. The van der Waals surface area contributed by atoms with Crippen molar-refractivity contribution in [2.24, 2.45) is 0 Å². The average Bonchev–Trinajstić information content (AvgIpc) is 3.10. The quantitative estimate of drug-likeness (QED) is 0.601. The van der Waals surface area contributed by atoms with Crippen LogP contribution in [0.4, 0.5) is 0 Å². The zero-order chi connectivity index (χ0) is 18.5. The molecule has 0 bridgehead atoms. The molecule has 0 saturated heterocycles. The standard InChI is InChI=1S/C17H16BrN5O2S/c1-22(10-12-4-2-3-5-15(12)18)16(25)11-26-17-19-20-21-23(17)13-6-8-14(24)9-7-13/h2-9,24H,10-11H2,1H3. The molecule has 26 heavy (non-hydrogen) atoms. The van der Waals surface area contributed by atoms with Crippen LogP contribution < -0.4 is 0 Å². The van der Waals surface area contributed by atoms with Crippen molar-refractivity contribution in [3.05, 3.63) is 58.6 Å². The van der Waals surface area contributed by atoms with Crippen molar-refractivity contribution in [1.82, 2.24) is 25.1 Å². The van der Waals surface area contributed by atoms with Crippen LogP contribution in [0.3, 0.4) is 0 Å². The lowest BCUT2D eigenvalue weighted by Crippen LogP contribution is -2.28. The first-order valence-electron chi connectivity index (χ1n) is 7.72. The van der Waals surface area contributed by atoms with Gasteiger partial charge in [0.25, 0.3) is 0 Å². The first kappa shape index (κ1) is 18.4. The average molecular weight is 434 g/mol. The number of benzene rings is 2. The van der Waals surface area contributed by atoms with Gasteiger partial charge < -0.3 is 10.0 Å². The Hall–Kier alpha value is -2.39. The Morgan fingerprint density at radius 1 is 1.23 bits per heavy atom. The summed E-state index contributed by atoms with van der Waals surface area (Å²) in [5.41, 5.74) is 1.76. The van der Waals surface area contributed by atoms with Crippen molar-refractivity contribution in [3.8, 4) is 11.4 Å². The first-order chi connectivity index (χ1) is 12.5. The Bertz CT molecular complexity index is 900. The van der Waals surface area contributed by atoms with Gasteiger partial charge >= 0.3 is 0 Å². The largest absolute Gasteiger partial charge is 0.508 e. The molecule has 0 aliphatic heterocycles. The molecule has 0 aliphatic carbocycles. The Kier molecular flexibility index (Phi) is 5.89. The second-order valence-electron chi connectivity index (χ2n) is 5.52. The second kappa shape index (κ2) is 8.33. The maximum Gasteiger partial charge on any atom is 0.233 e. The van der Waals surface area contributed by atoms with Crippen LogP contribution in [0.15, 0.2) is 58.2 Å². The number of carbonyl (C=O) groups is 1. The highest BCUT2D eigenvalue weighted by atomic mass is 79.9. The third-order valence-electron chi connectivity index (χ3n) is 3.65. The molecular weight excluding hydrogens is 418 g/mol. The van der Waals surface area contributed by atoms with Gasteiger partial charge in [-0.15, -0.1) is 5.10 Å². The Morgan fingerprint density at radius 2 is 1.96 bits per heavy atom. The first-order valence-corrected chi connectivity index (χ1v) is 9.50. The van der Waals surface area contributed by atoms with E-state index in [9.17, 15) is 9.90 Å². The van der Waals surface area contributed by atoms with Gasteiger partial charge in [-0.1, -0.05) is 45.9 Å². The van der Waals surface area contributed by atoms with Crippen LogP contribution in [0, 0.1) is 0 Å². The zero-order valence-corrected chi connectivity index (χ0v) is 16.3. The van der Waals surface area contributed by atoms with Crippen LogP contribution in [0.25, 0.3) is 5.69 Å². The van der Waals surface area contributed by atoms with Crippen molar-refractivity contribution in [2.45, 2.75) is 11.7 Å². The SMILES string of the molecule is CN(Cc1ccccc1Br)C(=O)CSc1nnnn1-c1ccc(O)cc1. The molecule has 1 aromatic heterocycles. The lowest BCUT2D eigenvalue weighted by atomic mass is 10.2. The number of thioether (sulfide) groups is 1. The summed E-state index contributed by atoms with van der Waals surface area (Å²) >= 11 is 4.76. The molecule has 0 saturated carbocycles. The van der Waals surface area contributed by atoms with Crippen molar-refractivity contribution in [2.75, 3.05) is 12.8 Å². The van der Waals surface area contributed by atoms with Crippen LogP contribution in [0.1, 0.15) is 5.56 Å². The van der Waals surface area contributed by atoms with Gasteiger partial charge in [0.2, 0.25) is 11.1 Å². The van der Waals surface area contributed by atoms with Gasteiger partial charge in [0.05, 0.1) is 11.4 Å². The fraction of sp³-hybridized carbons (Fsp3) is 0.176. The van der Waals surface area contributed by atoms with Crippen LogP contribution in [0.2, 0.25) is 0 Å². The van der Waals surface area contributed by atoms with Crippen molar-refractivity contribution in [1.29, 1.82) is 0 Å². The normalized spacial score (nSPS) is 10.7. The highest BCUT2D eigenvalue weighted by Gasteiger charge is 2.15. The maximum atomic E-state index is 12.4. The van der Waals surface area contributed by atoms with E-state index in [-0.39, 0.29) is 17.4 Å². The van der Waals surface area contributed by atoms with E-state index in [1.54, 1.807) is 36.2 Å². The monoisotopic (exact) mass is 433 g/mol. The Balaban J connectivity index is 1.62. The molecule has 7 nitrogen and oxygen atoms in total. The predicted octanol–water partition coefficient (Wildman–Crippen LogP) is 2.88. The third-order valence-corrected chi connectivity index (χ3v) is 5.33. The van der Waals surface area contributed by atoms with Gasteiger partial charge in [-0.2, -0.15) is 4.68 Å². The third kappa shape index (κ3) is 4.41.